The molecule has 132 valence electrons. The first-order valence-corrected chi connectivity index (χ1v) is 10.9. The van der Waals surface area contributed by atoms with Gasteiger partial charge in [0.2, 0.25) is 0 Å². The Morgan fingerprint density at radius 3 is 1.45 bits per heavy atom. The molecule has 0 saturated heterocycles. The van der Waals surface area contributed by atoms with E-state index in [4.69, 9.17) is 4.43 Å². The molecule has 22 heavy (non-hydrogen) atoms. The smallest absolute Gasteiger partial charge is 0.145 e. The summed E-state index contributed by atoms with van der Waals surface area (Å²) in [6.07, 6.45) is 27.1. The summed E-state index contributed by atoms with van der Waals surface area (Å²) in [5, 5.41) is 0. The second kappa shape index (κ2) is 20.9. The Bertz CT molecular complexity index is 216. The van der Waals surface area contributed by atoms with Crippen LogP contribution < -0.4 is 0 Å². The molecule has 0 radical (unpaired) electrons. The second-order valence-electron chi connectivity index (χ2n) is 6.64. The lowest BCUT2D eigenvalue weighted by Crippen LogP contribution is -1.89. The highest BCUT2D eigenvalue weighted by Gasteiger charge is 1.92. The van der Waals surface area contributed by atoms with E-state index in [1.54, 1.807) is 0 Å². The van der Waals surface area contributed by atoms with Gasteiger partial charge >= 0.3 is 0 Å². The highest BCUT2D eigenvalue weighted by Crippen LogP contribution is 2.11. The predicted octanol–water partition coefficient (Wildman–Crippen LogP) is 6.10. The lowest BCUT2D eigenvalue weighted by Gasteiger charge is -2.01. The fraction of sp³-hybridized carbons (Fsp3) is 0.900. The fourth-order valence-corrected chi connectivity index (χ4v) is 3.14. The van der Waals surface area contributed by atoms with Crippen molar-refractivity contribution < 1.29 is 4.43 Å². The van der Waals surface area contributed by atoms with E-state index in [1.165, 1.54) is 103 Å². The minimum atomic E-state index is 0.905. The molecular weight excluding hydrogens is 284 g/mol. The average molecular weight is 327 g/mol. The third-order valence-electron chi connectivity index (χ3n) is 4.36. The van der Waals surface area contributed by atoms with Crippen LogP contribution in [0.2, 0.25) is 0 Å². The second-order valence-corrected chi connectivity index (χ2v) is 7.22. The quantitative estimate of drug-likeness (QED) is 0.168. The molecule has 0 aromatic heterocycles. The minimum absolute atomic E-state index is 0.905. The molecule has 2 heteroatoms. The highest BCUT2D eigenvalue weighted by atomic mass is 28.2. The van der Waals surface area contributed by atoms with E-state index in [0.717, 1.165) is 17.1 Å². The van der Waals surface area contributed by atoms with Crippen molar-refractivity contribution in [3.8, 4) is 0 Å². The van der Waals surface area contributed by atoms with Crippen LogP contribution in [0.25, 0.3) is 0 Å². The molecule has 0 aliphatic carbocycles. The van der Waals surface area contributed by atoms with Crippen molar-refractivity contribution in [3.63, 3.8) is 0 Å². The maximum atomic E-state index is 5.20. The molecule has 0 heterocycles. The van der Waals surface area contributed by atoms with Crippen LogP contribution in [-0.4, -0.2) is 17.1 Å². The Morgan fingerprint density at radius 2 is 1.00 bits per heavy atom. The molecule has 0 unspecified atom stereocenters. The van der Waals surface area contributed by atoms with Gasteiger partial charge in [0.15, 0.2) is 0 Å². The SMILES string of the molecule is CCCCCCCCC=CCCCCCCCCCCO[SiH3]. The monoisotopic (exact) mass is 326 g/mol. The molecule has 0 aliphatic rings. The maximum Gasteiger partial charge on any atom is 0.145 e. The molecule has 0 saturated carbocycles. The maximum absolute atomic E-state index is 5.20. The third-order valence-corrected chi connectivity index (χ3v) is 4.77. The van der Waals surface area contributed by atoms with Gasteiger partial charge in [-0.3, -0.25) is 0 Å². The van der Waals surface area contributed by atoms with Crippen molar-refractivity contribution in [1.29, 1.82) is 0 Å². The first-order valence-electron chi connectivity index (χ1n) is 10.1. The Kier molecular flexibility index (Phi) is 20.8. The topological polar surface area (TPSA) is 9.23 Å². The molecule has 0 aliphatic heterocycles. The summed E-state index contributed by atoms with van der Waals surface area (Å²) in [6.45, 7) is 3.28. The standard InChI is InChI=1S/C20H42OSi/c1-2-3-4-5-6-7-8-9-10-11-12-13-14-15-16-17-18-19-20-21-22/h9-10H,2-8,11-20H2,1,22H3. The molecule has 0 bridgehead atoms. The molecule has 0 aromatic carbocycles. The highest BCUT2D eigenvalue weighted by molar-refractivity contribution is 5.97. The van der Waals surface area contributed by atoms with Gasteiger partial charge in [-0.05, 0) is 32.1 Å². The Labute approximate surface area is 143 Å². The van der Waals surface area contributed by atoms with Crippen LogP contribution in [0, 0.1) is 0 Å². The van der Waals surface area contributed by atoms with Crippen LogP contribution in [0.15, 0.2) is 12.2 Å². The lowest BCUT2D eigenvalue weighted by atomic mass is 10.1. The van der Waals surface area contributed by atoms with Gasteiger partial charge < -0.3 is 4.43 Å². The largest absolute Gasteiger partial charge is 0.428 e. The van der Waals surface area contributed by atoms with Crippen LogP contribution in [0.3, 0.4) is 0 Å². The van der Waals surface area contributed by atoms with Crippen LogP contribution in [0.4, 0.5) is 0 Å². The summed E-state index contributed by atoms with van der Waals surface area (Å²) in [4.78, 5) is 0. The Balaban J connectivity index is 3.02. The first kappa shape index (κ1) is 21.9. The van der Waals surface area contributed by atoms with Crippen LogP contribution in [0.5, 0.6) is 0 Å². The summed E-state index contributed by atoms with van der Waals surface area (Å²) < 4.78 is 5.20. The van der Waals surface area contributed by atoms with Crippen molar-refractivity contribution >= 4 is 10.5 Å². The van der Waals surface area contributed by atoms with E-state index < -0.39 is 0 Å². The van der Waals surface area contributed by atoms with E-state index in [2.05, 4.69) is 19.1 Å². The summed E-state index contributed by atoms with van der Waals surface area (Å²) >= 11 is 0. The van der Waals surface area contributed by atoms with Crippen LogP contribution in [0.1, 0.15) is 110 Å². The van der Waals surface area contributed by atoms with E-state index in [9.17, 15) is 0 Å². The average Bonchev–Trinajstić information content (AvgIpc) is 2.54. The zero-order valence-electron chi connectivity index (χ0n) is 15.6. The molecule has 0 spiro atoms. The number of rotatable bonds is 18. The van der Waals surface area contributed by atoms with Gasteiger partial charge in [0.1, 0.15) is 10.5 Å². The molecule has 0 aromatic rings. The van der Waals surface area contributed by atoms with E-state index >= 15 is 0 Å². The van der Waals surface area contributed by atoms with Crippen LogP contribution in [-0.2, 0) is 4.43 Å². The number of hydrogen-bond donors (Lipinski definition) is 0. The molecule has 1 nitrogen and oxygen atoms in total. The molecule has 0 amide bonds. The molecular formula is C20H42OSi. The van der Waals surface area contributed by atoms with Gasteiger partial charge in [-0.25, -0.2) is 0 Å². The number of allylic oxidation sites excluding steroid dienone is 2. The summed E-state index contributed by atoms with van der Waals surface area (Å²) in [6, 6.07) is 0. The van der Waals surface area contributed by atoms with Gasteiger partial charge in [-0.2, -0.15) is 0 Å². The normalized spacial score (nSPS) is 11.7. The van der Waals surface area contributed by atoms with Crippen molar-refractivity contribution in [3.05, 3.63) is 12.2 Å². The summed E-state index contributed by atoms with van der Waals surface area (Å²) in [5.41, 5.74) is 0. The van der Waals surface area contributed by atoms with Gasteiger partial charge in [-0.15, -0.1) is 0 Å². The van der Waals surface area contributed by atoms with Crippen molar-refractivity contribution in [2.75, 3.05) is 6.61 Å². The van der Waals surface area contributed by atoms with Gasteiger partial charge in [-0.1, -0.05) is 89.7 Å². The Morgan fingerprint density at radius 1 is 0.591 bits per heavy atom. The zero-order chi connectivity index (χ0) is 16.1. The zero-order valence-corrected chi connectivity index (χ0v) is 17.6. The molecule has 0 rings (SSSR count). The molecule has 0 N–H and O–H groups in total. The van der Waals surface area contributed by atoms with E-state index in [0.29, 0.717) is 0 Å². The summed E-state index contributed by atoms with van der Waals surface area (Å²) in [5.74, 6) is 0. The Hall–Kier alpha value is -0.0831. The summed E-state index contributed by atoms with van der Waals surface area (Å²) in [7, 11) is 0.905. The van der Waals surface area contributed by atoms with Crippen molar-refractivity contribution in [2.24, 2.45) is 0 Å². The first-order chi connectivity index (χ1) is 10.9. The molecule has 0 atom stereocenters. The van der Waals surface area contributed by atoms with Crippen LogP contribution >= 0.6 is 0 Å². The van der Waals surface area contributed by atoms with Gasteiger partial charge in [0.25, 0.3) is 0 Å². The predicted molar refractivity (Wildman–Crippen MR) is 105 cm³/mol. The molecule has 0 fully saturated rings. The number of hydrogen-bond acceptors (Lipinski definition) is 1. The minimum Gasteiger partial charge on any atom is -0.428 e. The van der Waals surface area contributed by atoms with Crippen molar-refractivity contribution in [1.82, 2.24) is 0 Å². The van der Waals surface area contributed by atoms with E-state index in [1.807, 2.05) is 0 Å². The van der Waals surface area contributed by atoms with Gasteiger partial charge in [0.05, 0.1) is 0 Å². The lowest BCUT2D eigenvalue weighted by molar-refractivity contribution is 0.332. The fourth-order valence-electron chi connectivity index (χ4n) is 2.85. The third kappa shape index (κ3) is 19.9. The number of unbranched alkanes of at least 4 members (excludes halogenated alkanes) is 14. The van der Waals surface area contributed by atoms with E-state index in [-0.39, 0.29) is 0 Å². The van der Waals surface area contributed by atoms with Crippen molar-refractivity contribution in [2.45, 2.75) is 110 Å². The van der Waals surface area contributed by atoms with Gasteiger partial charge in [0, 0.05) is 6.61 Å².